The van der Waals surface area contributed by atoms with Gasteiger partial charge in [0.05, 0.1) is 24.6 Å². The molecule has 4 N–H and O–H groups in total. The van der Waals surface area contributed by atoms with E-state index in [0.717, 1.165) is 18.5 Å². The zero-order valence-electron chi connectivity index (χ0n) is 15.4. The largest absolute Gasteiger partial charge is 0.394 e. The van der Waals surface area contributed by atoms with Crippen molar-refractivity contribution >= 4 is 17.2 Å². The van der Waals surface area contributed by atoms with Crippen molar-refractivity contribution in [2.24, 2.45) is 0 Å². The summed E-state index contributed by atoms with van der Waals surface area (Å²) in [6, 6.07) is 14.4. The lowest BCUT2D eigenvalue weighted by molar-refractivity contribution is 0.103. The minimum absolute atomic E-state index is 0.00397. The second kappa shape index (κ2) is 9.94. The van der Waals surface area contributed by atoms with Gasteiger partial charge in [0.15, 0.2) is 5.78 Å². The highest BCUT2D eigenvalue weighted by Crippen LogP contribution is 2.30. The lowest BCUT2D eigenvalue weighted by atomic mass is 9.99. The molecule has 0 amide bonds. The third-order valence-corrected chi connectivity index (χ3v) is 4.48. The zero-order valence-corrected chi connectivity index (χ0v) is 15.4. The molecule has 2 aromatic rings. The Labute approximate surface area is 155 Å². The summed E-state index contributed by atoms with van der Waals surface area (Å²) in [6.07, 6.45) is 1.48. The molecule has 0 aliphatic rings. The van der Waals surface area contributed by atoms with E-state index in [2.05, 4.69) is 10.6 Å². The molecular formula is C21H28N2O3. The Balaban J connectivity index is 2.47. The summed E-state index contributed by atoms with van der Waals surface area (Å²) >= 11 is 0. The highest BCUT2D eigenvalue weighted by atomic mass is 16.3. The first-order valence-corrected chi connectivity index (χ1v) is 9.12. The Morgan fingerprint density at radius 2 is 1.50 bits per heavy atom. The fourth-order valence-corrected chi connectivity index (χ4v) is 2.74. The van der Waals surface area contributed by atoms with Crippen LogP contribution in [0.4, 0.5) is 11.4 Å². The van der Waals surface area contributed by atoms with E-state index in [0.29, 0.717) is 16.8 Å². The number of rotatable bonds is 10. The first-order chi connectivity index (χ1) is 12.6. The third-order valence-electron chi connectivity index (χ3n) is 4.48. The van der Waals surface area contributed by atoms with E-state index in [-0.39, 0.29) is 31.1 Å². The molecule has 2 rings (SSSR count). The van der Waals surface area contributed by atoms with Crippen molar-refractivity contribution in [3.63, 3.8) is 0 Å². The second-order valence-corrected chi connectivity index (χ2v) is 6.29. The van der Waals surface area contributed by atoms with Gasteiger partial charge in [-0.15, -0.1) is 0 Å². The van der Waals surface area contributed by atoms with Crippen molar-refractivity contribution in [2.75, 3.05) is 23.8 Å². The number of aliphatic hydroxyl groups excluding tert-OH is 2. The van der Waals surface area contributed by atoms with Gasteiger partial charge in [0.1, 0.15) is 0 Å². The van der Waals surface area contributed by atoms with Crippen LogP contribution in [0.3, 0.4) is 0 Å². The number of carbonyl (C=O) groups is 1. The average molecular weight is 356 g/mol. The Bertz CT molecular complexity index is 696. The molecule has 0 saturated carbocycles. The summed E-state index contributed by atoms with van der Waals surface area (Å²) in [5, 5.41) is 25.7. The fourth-order valence-electron chi connectivity index (χ4n) is 2.74. The van der Waals surface area contributed by atoms with Crippen LogP contribution in [-0.2, 0) is 0 Å². The topological polar surface area (TPSA) is 81.6 Å². The van der Waals surface area contributed by atoms with Crippen LogP contribution < -0.4 is 10.6 Å². The van der Waals surface area contributed by atoms with E-state index in [1.165, 1.54) is 0 Å². The molecule has 5 heteroatoms. The van der Waals surface area contributed by atoms with Crippen LogP contribution in [0.2, 0.25) is 0 Å². The standard InChI is InChI=1S/C21H28N2O3/c1-3-16(13-24)22-19-12-8-11-18(20(19)23-17(4-2)14-25)21(26)15-9-6-5-7-10-15/h5-12,16-17,22-25H,3-4,13-14H2,1-2H3. The van der Waals surface area contributed by atoms with Crippen LogP contribution in [0.25, 0.3) is 0 Å². The van der Waals surface area contributed by atoms with Crippen molar-refractivity contribution in [3.05, 3.63) is 59.7 Å². The van der Waals surface area contributed by atoms with E-state index in [4.69, 9.17) is 0 Å². The molecule has 26 heavy (non-hydrogen) atoms. The lowest BCUT2D eigenvalue weighted by Crippen LogP contribution is -2.27. The summed E-state index contributed by atoms with van der Waals surface area (Å²) in [7, 11) is 0. The molecule has 0 aliphatic heterocycles. The summed E-state index contributed by atoms with van der Waals surface area (Å²) in [5.41, 5.74) is 2.56. The maximum Gasteiger partial charge on any atom is 0.195 e. The van der Waals surface area contributed by atoms with Crippen LogP contribution in [-0.4, -0.2) is 41.3 Å². The van der Waals surface area contributed by atoms with Gasteiger partial charge in [0.25, 0.3) is 0 Å². The molecular weight excluding hydrogens is 328 g/mol. The second-order valence-electron chi connectivity index (χ2n) is 6.29. The molecule has 2 unspecified atom stereocenters. The zero-order chi connectivity index (χ0) is 18.9. The number of anilines is 2. The van der Waals surface area contributed by atoms with Crippen LogP contribution in [0.15, 0.2) is 48.5 Å². The van der Waals surface area contributed by atoms with E-state index in [1.54, 1.807) is 18.2 Å². The Hall–Kier alpha value is -2.37. The van der Waals surface area contributed by atoms with Crippen molar-refractivity contribution < 1.29 is 15.0 Å². The molecule has 2 aromatic carbocycles. The minimum atomic E-state index is -0.158. The summed E-state index contributed by atoms with van der Waals surface area (Å²) in [6.45, 7) is 3.94. The van der Waals surface area contributed by atoms with Gasteiger partial charge in [-0.2, -0.15) is 0 Å². The lowest BCUT2D eigenvalue weighted by Gasteiger charge is -2.24. The molecule has 0 aromatic heterocycles. The highest BCUT2D eigenvalue weighted by Gasteiger charge is 2.19. The molecule has 140 valence electrons. The van der Waals surface area contributed by atoms with Crippen LogP contribution in [0, 0.1) is 0 Å². The molecule has 5 nitrogen and oxygen atoms in total. The van der Waals surface area contributed by atoms with E-state index in [9.17, 15) is 15.0 Å². The van der Waals surface area contributed by atoms with Crippen LogP contribution in [0.1, 0.15) is 42.6 Å². The van der Waals surface area contributed by atoms with Gasteiger partial charge in [-0.25, -0.2) is 0 Å². The highest BCUT2D eigenvalue weighted by molar-refractivity contribution is 6.13. The summed E-state index contributed by atoms with van der Waals surface area (Å²) in [5.74, 6) is -0.0819. The summed E-state index contributed by atoms with van der Waals surface area (Å²) < 4.78 is 0. The number of carbonyl (C=O) groups excluding carboxylic acids is 1. The van der Waals surface area contributed by atoms with Crippen LogP contribution in [0.5, 0.6) is 0 Å². The van der Waals surface area contributed by atoms with Crippen molar-refractivity contribution in [1.29, 1.82) is 0 Å². The molecule has 0 bridgehead atoms. The monoisotopic (exact) mass is 356 g/mol. The maximum absolute atomic E-state index is 13.0. The number of para-hydroxylation sites is 1. The Morgan fingerprint density at radius 3 is 2.08 bits per heavy atom. The smallest absolute Gasteiger partial charge is 0.195 e. The number of aliphatic hydroxyl groups is 2. The van der Waals surface area contributed by atoms with E-state index >= 15 is 0 Å². The summed E-state index contributed by atoms with van der Waals surface area (Å²) in [4.78, 5) is 13.0. The number of hydrogen-bond acceptors (Lipinski definition) is 5. The van der Waals surface area contributed by atoms with Gasteiger partial charge < -0.3 is 20.8 Å². The van der Waals surface area contributed by atoms with Crippen molar-refractivity contribution in [2.45, 2.75) is 38.8 Å². The first-order valence-electron chi connectivity index (χ1n) is 9.12. The van der Waals surface area contributed by atoms with Gasteiger partial charge in [-0.3, -0.25) is 4.79 Å². The molecule has 0 fully saturated rings. The minimum Gasteiger partial charge on any atom is -0.394 e. The predicted octanol–water partition coefficient (Wildman–Crippen LogP) is 3.28. The van der Waals surface area contributed by atoms with Gasteiger partial charge >= 0.3 is 0 Å². The molecule has 0 spiro atoms. The molecule has 0 heterocycles. The van der Waals surface area contributed by atoms with Crippen molar-refractivity contribution in [1.82, 2.24) is 0 Å². The third kappa shape index (κ3) is 4.84. The number of hydrogen-bond donors (Lipinski definition) is 4. The predicted molar refractivity (Wildman–Crippen MR) is 106 cm³/mol. The van der Waals surface area contributed by atoms with E-state index in [1.807, 2.05) is 44.2 Å². The quantitative estimate of drug-likeness (QED) is 0.491. The fraction of sp³-hybridized carbons (Fsp3) is 0.381. The van der Waals surface area contributed by atoms with Gasteiger partial charge in [-0.05, 0) is 25.0 Å². The Morgan fingerprint density at radius 1 is 0.885 bits per heavy atom. The van der Waals surface area contributed by atoms with Crippen molar-refractivity contribution in [3.8, 4) is 0 Å². The SMILES string of the molecule is CCC(CO)Nc1cccc(C(=O)c2ccccc2)c1NC(CC)CO. The molecule has 0 saturated heterocycles. The molecule has 2 atom stereocenters. The van der Waals surface area contributed by atoms with E-state index < -0.39 is 0 Å². The Kier molecular flexibility index (Phi) is 7.63. The number of ketones is 1. The first kappa shape index (κ1) is 19.9. The average Bonchev–Trinajstić information content (AvgIpc) is 2.70. The molecule has 0 aliphatic carbocycles. The van der Waals surface area contributed by atoms with Crippen LogP contribution >= 0.6 is 0 Å². The number of benzene rings is 2. The molecule has 0 radical (unpaired) electrons. The number of nitrogens with one attached hydrogen (secondary N) is 2. The van der Waals surface area contributed by atoms with Gasteiger partial charge in [0.2, 0.25) is 0 Å². The normalized spacial score (nSPS) is 13.1. The van der Waals surface area contributed by atoms with Gasteiger partial charge in [0, 0.05) is 23.2 Å². The van der Waals surface area contributed by atoms with Gasteiger partial charge in [-0.1, -0.05) is 50.2 Å². The maximum atomic E-state index is 13.0.